The van der Waals surface area contributed by atoms with Gasteiger partial charge in [0.1, 0.15) is 11.6 Å². The Morgan fingerprint density at radius 1 is 1.25 bits per heavy atom. The molecule has 20 heavy (non-hydrogen) atoms. The number of rotatable bonds is 4. The van der Waals surface area contributed by atoms with Crippen LogP contribution in [0.15, 0.2) is 42.5 Å². The van der Waals surface area contributed by atoms with Gasteiger partial charge in [-0.2, -0.15) is 0 Å². The maximum Gasteiger partial charge on any atom is 0.314 e. The number of hydrogen-bond acceptors (Lipinski definition) is 4. The molecule has 0 saturated heterocycles. The van der Waals surface area contributed by atoms with E-state index in [9.17, 15) is 19.3 Å². The maximum atomic E-state index is 13.0. The van der Waals surface area contributed by atoms with Gasteiger partial charge in [-0.3, -0.25) is 14.9 Å². The summed E-state index contributed by atoms with van der Waals surface area (Å²) in [4.78, 5) is 21.1. The third-order valence-corrected chi connectivity index (χ3v) is 2.62. The van der Waals surface area contributed by atoms with Gasteiger partial charge in [-0.1, -0.05) is 6.07 Å². The molecule has 2 rings (SSSR count). The average molecular weight is 296 g/mol. The number of nitro groups is 1. The molecule has 0 atom stereocenters. The number of carbonyl (C=O) groups is 1. The quantitative estimate of drug-likeness (QED) is 0.487. The van der Waals surface area contributed by atoms with Crippen LogP contribution in [0, 0.1) is 15.9 Å². The Hall–Kier alpha value is -2.47. The van der Waals surface area contributed by atoms with Gasteiger partial charge in [0.25, 0.3) is 5.24 Å². The van der Waals surface area contributed by atoms with Crippen molar-refractivity contribution < 1.29 is 18.8 Å². The molecule has 0 radical (unpaired) electrons. The molecule has 0 aromatic heterocycles. The molecule has 2 aromatic rings. The van der Waals surface area contributed by atoms with Crippen LogP contribution in [0.5, 0.6) is 11.5 Å². The van der Waals surface area contributed by atoms with Crippen LogP contribution in [0.4, 0.5) is 10.1 Å². The van der Waals surface area contributed by atoms with E-state index in [1.807, 2.05) is 0 Å². The molecule has 0 N–H and O–H groups in total. The van der Waals surface area contributed by atoms with Gasteiger partial charge < -0.3 is 4.74 Å². The van der Waals surface area contributed by atoms with E-state index in [4.69, 9.17) is 16.3 Å². The second-order valence-corrected chi connectivity index (χ2v) is 4.12. The highest BCUT2D eigenvalue weighted by molar-refractivity contribution is 6.67. The first-order valence-corrected chi connectivity index (χ1v) is 5.77. The first-order chi connectivity index (χ1) is 9.47. The zero-order valence-electron chi connectivity index (χ0n) is 9.88. The molecular weight excluding hydrogens is 289 g/mol. The van der Waals surface area contributed by atoms with Crippen molar-refractivity contribution in [3.8, 4) is 11.5 Å². The number of carbonyl (C=O) groups excluding carboxylic acids is 1. The molecular formula is C13H7ClFNO4. The molecule has 0 aliphatic rings. The Kier molecular flexibility index (Phi) is 3.95. The Morgan fingerprint density at radius 2 is 2.00 bits per heavy atom. The lowest BCUT2D eigenvalue weighted by Crippen LogP contribution is -1.95. The normalized spacial score (nSPS) is 10.1. The third kappa shape index (κ3) is 3.10. The van der Waals surface area contributed by atoms with E-state index in [-0.39, 0.29) is 17.1 Å². The molecule has 0 amide bonds. The topological polar surface area (TPSA) is 69.4 Å². The van der Waals surface area contributed by atoms with Crippen molar-refractivity contribution >= 4 is 22.5 Å². The molecule has 0 heterocycles. The molecule has 0 bridgehead atoms. The highest BCUT2D eigenvalue weighted by Crippen LogP contribution is 2.32. The summed E-state index contributed by atoms with van der Waals surface area (Å²) < 4.78 is 18.3. The van der Waals surface area contributed by atoms with Crippen molar-refractivity contribution in [3.05, 3.63) is 64.0 Å². The van der Waals surface area contributed by atoms with Gasteiger partial charge in [0.2, 0.25) is 5.75 Å². The van der Waals surface area contributed by atoms with Crippen LogP contribution >= 0.6 is 11.6 Å². The van der Waals surface area contributed by atoms with Gasteiger partial charge in [-0.25, -0.2) is 4.39 Å². The van der Waals surface area contributed by atoms with Crippen molar-refractivity contribution in [3.63, 3.8) is 0 Å². The Morgan fingerprint density at radius 3 is 2.65 bits per heavy atom. The van der Waals surface area contributed by atoms with Crippen molar-refractivity contribution in [1.82, 2.24) is 0 Å². The smallest absolute Gasteiger partial charge is 0.314 e. The van der Waals surface area contributed by atoms with Crippen molar-refractivity contribution in [1.29, 1.82) is 0 Å². The van der Waals surface area contributed by atoms with Crippen LogP contribution < -0.4 is 4.74 Å². The van der Waals surface area contributed by atoms with Crippen LogP contribution in [0.2, 0.25) is 0 Å². The van der Waals surface area contributed by atoms with Gasteiger partial charge in [0, 0.05) is 5.56 Å². The maximum absolute atomic E-state index is 13.0. The minimum atomic E-state index is -0.755. The number of ether oxygens (including phenoxy) is 1. The SMILES string of the molecule is O=C(Cl)c1cccc(Oc2ccc(F)cc2[N+](=O)[O-])c1. The molecule has 0 saturated carbocycles. The predicted octanol–water partition coefficient (Wildman–Crippen LogP) is 3.91. The first kappa shape index (κ1) is 14.0. The summed E-state index contributed by atoms with van der Waals surface area (Å²) in [6.45, 7) is 0. The van der Waals surface area contributed by atoms with E-state index in [1.165, 1.54) is 24.3 Å². The Labute approximate surface area is 117 Å². The van der Waals surface area contributed by atoms with Crippen LogP contribution in [-0.2, 0) is 0 Å². The van der Waals surface area contributed by atoms with Gasteiger partial charge >= 0.3 is 5.69 Å². The van der Waals surface area contributed by atoms with E-state index in [2.05, 4.69) is 0 Å². The molecule has 0 aliphatic carbocycles. The standard InChI is InChI=1S/C13H7ClFNO4/c14-13(17)8-2-1-3-10(6-8)20-12-5-4-9(15)7-11(12)16(18)19/h1-7H. The molecule has 2 aromatic carbocycles. The molecule has 0 fully saturated rings. The monoisotopic (exact) mass is 295 g/mol. The molecule has 5 nitrogen and oxygen atoms in total. The number of nitro benzene ring substituents is 1. The molecule has 102 valence electrons. The third-order valence-electron chi connectivity index (χ3n) is 2.41. The molecule has 7 heteroatoms. The largest absolute Gasteiger partial charge is 0.450 e. The lowest BCUT2D eigenvalue weighted by Gasteiger charge is -2.07. The first-order valence-electron chi connectivity index (χ1n) is 5.39. The fraction of sp³-hybridized carbons (Fsp3) is 0. The number of hydrogen-bond donors (Lipinski definition) is 0. The number of benzene rings is 2. The fourth-order valence-electron chi connectivity index (χ4n) is 1.53. The second-order valence-electron chi connectivity index (χ2n) is 3.77. The minimum absolute atomic E-state index is 0.129. The van der Waals surface area contributed by atoms with Crippen molar-refractivity contribution in [2.24, 2.45) is 0 Å². The van der Waals surface area contributed by atoms with Gasteiger partial charge in [-0.15, -0.1) is 0 Å². The highest BCUT2D eigenvalue weighted by atomic mass is 35.5. The molecule has 0 spiro atoms. The van der Waals surface area contributed by atoms with E-state index in [0.29, 0.717) is 0 Å². The van der Waals surface area contributed by atoms with E-state index in [0.717, 1.165) is 18.2 Å². The minimum Gasteiger partial charge on any atom is -0.450 e. The second kappa shape index (κ2) is 5.66. The summed E-state index contributed by atoms with van der Waals surface area (Å²) in [6, 6.07) is 8.76. The summed E-state index contributed by atoms with van der Waals surface area (Å²) in [5.41, 5.74) is -0.318. The predicted molar refractivity (Wildman–Crippen MR) is 69.8 cm³/mol. The number of halogens is 2. The van der Waals surface area contributed by atoms with Crippen LogP contribution in [0.1, 0.15) is 10.4 Å². The van der Waals surface area contributed by atoms with Gasteiger partial charge in [0.15, 0.2) is 0 Å². The Bertz CT molecular complexity index is 690. The fourth-order valence-corrected chi connectivity index (χ4v) is 1.65. The van der Waals surface area contributed by atoms with Crippen LogP contribution in [0.3, 0.4) is 0 Å². The molecule has 0 aliphatic heterocycles. The van der Waals surface area contributed by atoms with Gasteiger partial charge in [0.05, 0.1) is 11.0 Å². The number of nitrogens with zero attached hydrogens (tertiary/aromatic N) is 1. The zero-order valence-corrected chi connectivity index (χ0v) is 10.6. The van der Waals surface area contributed by atoms with Crippen molar-refractivity contribution in [2.75, 3.05) is 0 Å². The van der Waals surface area contributed by atoms with Crippen molar-refractivity contribution in [2.45, 2.75) is 0 Å². The lowest BCUT2D eigenvalue weighted by molar-refractivity contribution is -0.385. The average Bonchev–Trinajstić information content (AvgIpc) is 2.41. The summed E-state index contributed by atoms with van der Waals surface area (Å²) in [5.74, 6) is -0.685. The van der Waals surface area contributed by atoms with E-state index >= 15 is 0 Å². The highest BCUT2D eigenvalue weighted by Gasteiger charge is 2.17. The van der Waals surface area contributed by atoms with E-state index in [1.54, 1.807) is 0 Å². The summed E-state index contributed by atoms with van der Waals surface area (Å²) in [6.07, 6.45) is 0. The van der Waals surface area contributed by atoms with E-state index < -0.39 is 21.7 Å². The zero-order chi connectivity index (χ0) is 14.7. The summed E-state index contributed by atoms with van der Waals surface area (Å²) in [7, 11) is 0. The Balaban J connectivity index is 2.37. The summed E-state index contributed by atoms with van der Waals surface area (Å²) >= 11 is 5.33. The van der Waals surface area contributed by atoms with Crippen LogP contribution in [0.25, 0.3) is 0 Å². The lowest BCUT2D eigenvalue weighted by atomic mass is 10.2. The van der Waals surface area contributed by atoms with Crippen LogP contribution in [-0.4, -0.2) is 10.2 Å². The summed E-state index contributed by atoms with van der Waals surface area (Å²) in [5, 5.41) is 10.1. The van der Waals surface area contributed by atoms with Gasteiger partial charge in [-0.05, 0) is 41.9 Å². The molecule has 0 unspecified atom stereocenters.